The lowest BCUT2D eigenvalue weighted by atomic mass is 10.1. The molecular formula is C24H19N5O3S2. The normalized spacial score (nSPS) is 11.4. The maximum Gasteiger partial charge on any atom is 0.257 e. The van der Waals surface area contributed by atoms with Crippen LogP contribution in [0.3, 0.4) is 0 Å². The number of para-hydroxylation sites is 2. The van der Waals surface area contributed by atoms with Gasteiger partial charge in [0.25, 0.3) is 5.91 Å². The fourth-order valence-corrected chi connectivity index (χ4v) is 4.77. The SMILES string of the molecule is CS(=O)(=O)Nc1ccc(-c2csc(NC(=O)c3ccc(-n4cnc5ccccc54)cc3)n2)cc1. The molecule has 0 spiro atoms. The smallest absolute Gasteiger partial charge is 0.257 e. The van der Waals surface area contributed by atoms with E-state index in [4.69, 9.17) is 0 Å². The Morgan fingerprint density at radius 1 is 0.971 bits per heavy atom. The summed E-state index contributed by atoms with van der Waals surface area (Å²) in [5.41, 5.74) is 5.31. The molecule has 34 heavy (non-hydrogen) atoms. The summed E-state index contributed by atoms with van der Waals surface area (Å²) in [6.07, 6.45) is 2.87. The molecule has 5 aromatic rings. The largest absolute Gasteiger partial charge is 0.299 e. The number of fused-ring (bicyclic) bond motifs is 1. The maximum absolute atomic E-state index is 12.7. The topological polar surface area (TPSA) is 106 Å². The van der Waals surface area contributed by atoms with Crippen molar-refractivity contribution in [1.82, 2.24) is 14.5 Å². The van der Waals surface area contributed by atoms with Crippen LogP contribution in [0.2, 0.25) is 0 Å². The third kappa shape index (κ3) is 4.68. The summed E-state index contributed by atoms with van der Waals surface area (Å²) < 4.78 is 27.1. The van der Waals surface area contributed by atoms with Gasteiger partial charge in [-0.2, -0.15) is 0 Å². The molecule has 2 aromatic heterocycles. The first-order valence-corrected chi connectivity index (χ1v) is 13.0. The molecule has 5 rings (SSSR count). The van der Waals surface area contributed by atoms with Gasteiger partial charge in [0.2, 0.25) is 10.0 Å². The van der Waals surface area contributed by atoms with Crippen molar-refractivity contribution in [1.29, 1.82) is 0 Å². The van der Waals surface area contributed by atoms with E-state index in [1.54, 1.807) is 42.7 Å². The van der Waals surface area contributed by atoms with Crippen LogP contribution in [0, 0.1) is 0 Å². The average Bonchev–Trinajstić information content (AvgIpc) is 3.46. The summed E-state index contributed by atoms with van der Waals surface area (Å²) in [6.45, 7) is 0. The van der Waals surface area contributed by atoms with Crippen LogP contribution >= 0.6 is 11.3 Å². The average molecular weight is 490 g/mol. The number of rotatable bonds is 6. The molecule has 1 amide bonds. The summed E-state index contributed by atoms with van der Waals surface area (Å²) >= 11 is 1.32. The summed E-state index contributed by atoms with van der Waals surface area (Å²) in [4.78, 5) is 21.6. The zero-order valence-corrected chi connectivity index (χ0v) is 19.6. The van der Waals surface area contributed by atoms with E-state index in [1.807, 2.05) is 46.3 Å². The number of imidazole rings is 1. The summed E-state index contributed by atoms with van der Waals surface area (Å²) in [5, 5.41) is 5.14. The molecule has 0 aliphatic carbocycles. The lowest BCUT2D eigenvalue weighted by molar-refractivity contribution is 0.102. The Morgan fingerprint density at radius 2 is 1.71 bits per heavy atom. The first kappa shape index (κ1) is 21.8. The number of carbonyl (C=O) groups is 1. The molecule has 3 aromatic carbocycles. The molecule has 170 valence electrons. The summed E-state index contributed by atoms with van der Waals surface area (Å²) in [5.74, 6) is -0.254. The zero-order valence-electron chi connectivity index (χ0n) is 18.0. The third-order valence-electron chi connectivity index (χ3n) is 5.07. The van der Waals surface area contributed by atoms with Gasteiger partial charge in [0, 0.05) is 27.9 Å². The number of nitrogens with zero attached hydrogens (tertiary/aromatic N) is 3. The van der Waals surface area contributed by atoms with Crippen LogP contribution in [0.4, 0.5) is 10.8 Å². The number of anilines is 2. The zero-order chi connectivity index (χ0) is 23.7. The number of amides is 1. The van der Waals surface area contributed by atoms with Crippen molar-refractivity contribution in [2.75, 3.05) is 16.3 Å². The lowest BCUT2D eigenvalue weighted by Gasteiger charge is -2.06. The minimum atomic E-state index is -3.33. The van der Waals surface area contributed by atoms with Crippen LogP contribution in [-0.4, -0.2) is 35.1 Å². The van der Waals surface area contributed by atoms with Gasteiger partial charge >= 0.3 is 0 Å². The highest BCUT2D eigenvalue weighted by Crippen LogP contribution is 2.27. The Labute approximate surface area is 200 Å². The van der Waals surface area contributed by atoms with Crippen molar-refractivity contribution in [2.24, 2.45) is 0 Å². The molecule has 2 heterocycles. The van der Waals surface area contributed by atoms with Crippen LogP contribution in [-0.2, 0) is 10.0 Å². The van der Waals surface area contributed by atoms with E-state index < -0.39 is 10.0 Å². The van der Waals surface area contributed by atoms with Crippen molar-refractivity contribution in [3.63, 3.8) is 0 Å². The van der Waals surface area contributed by atoms with Gasteiger partial charge in [-0.1, -0.05) is 24.3 Å². The third-order valence-corrected chi connectivity index (χ3v) is 6.43. The summed E-state index contributed by atoms with van der Waals surface area (Å²) in [7, 11) is -3.33. The molecule has 0 unspecified atom stereocenters. The molecule has 2 N–H and O–H groups in total. The van der Waals surface area contributed by atoms with Crippen molar-refractivity contribution < 1.29 is 13.2 Å². The van der Waals surface area contributed by atoms with E-state index in [0.717, 1.165) is 28.5 Å². The molecule has 8 nitrogen and oxygen atoms in total. The molecular weight excluding hydrogens is 470 g/mol. The summed E-state index contributed by atoms with van der Waals surface area (Å²) in [6, 6.07) is 22.0. The molecule has 0 bridgehead atoms. The van der Waals surface area contributed by atoms with Gasteiger partial charge in [-0.25, -0.2) is 18.4 Å². The van der Waals surface area contributed by atoms with Crippen LogP contribution in [0.15, 0.2) is 84.5 Å². The van der Waals surface area contributed by atoms with Crippen LogP contribution < -0.4 is 10.0 Å². The van der Waals surface area contributed by atoms with Gasteiger partial charge in [-0.05, 0) is 48.5 Å². The van der Waals surface area contributed by atoms with Crippen molar-refractivity contribution in [2.45, 2.75) is 0 Å². The van der Waals surface area contributed by atoms with E-state index in [1.165, 1.54) is 11.3 Å². The Bertz CT molecular complexity index is 1590. The van der Waals surface area contributed by atoms with Crippen LogP contribution in [0.1, 0.15) is 10.4 Å². The van der Waals surface area contributed by atoms with Gasteiger partial charge in [0.05, 0.1) is 23.0 Å². The predicted octanol–water partition coefficient (Wildman–Crippen LogP) is 4.77. The molecule has 0 aliphatic heterocycles. The van der Waals surface area contributed by atoms with Crippen molar-refractivity contribution in [3.8, 4) is 16.9 Å². The minimum absolute atomic E-state index is 0.254. The lowest BCUT2D eigenvalue weighted by Crippen LogP contribution is -2.11. The molecule has 0 atom stereocenters. The van der Waals surface area contributed by atoms with Gasteiger partial charge < -0.3 is 0 Å². The fraction of sp³-hybridized carbons (Fsp3) is 0.0417. The highest BCUT2D eigenvalue weighted by Gasteiger charge is 2.12. The maximum atomic E-state index is 12.7. The van der Waals surface area contributed by atoms with Gasteiger partial charge in [-0.3, -0.25) is 19.4 Å². The van der Waals surface area contributed by atoms with Gasteiger partial charge in [-0.15, -0.1) is 11.3 Å². The van der Waals surface area contributed by atoms with Crippen LogP contribution in [0.25, 0.3) is 28.0 Å². The first-order chi connectivity index (χ1) is 16.4. The minimum Gasteiger partial charge on any atom is -0.299 e. The van der Waals surface area contributed by atoms with E-state index in [9.17, 15) is 13.2 Å². The van der Waals surface area contributed by atoms with E-state index in [-0.39, 0.29) is 5.91 Å². The van der Waals surface area contributed by atoms with Crippen molar-refractivity contribution >= 4 is 49.1 Å². The highest BCUT2D eigenvalue weighted by molar-refractivity contribution is 7.92. The van der Waals surface area contributed by atoms with E-state index in [2.05, 4.69) is 20.0 Å². The predicted molar refractivity (Wildman–Crippen MR) is 135 cm³/mol. The number of hydrogen-bond donors (Lipinski definition) is 2. The highest BCUT2D eigenvalue weighted by atomic mass is 32.2. The number of hydrogen-bond acceptors (Lipinski definition) is 6. The fourth-order valence-electron chi connectivity index (χ4n) is 3.49. The van der Waals surface area contributed by atoms with Gasteiger partial charge in [0.15, 0.2) is 5.13 Å². The molecule has 0 radical (unpaired) electrons. The molecule has 0 saturated heterocycles. The van der Waals surface area contributed by atoms with Crippen molar-refractivity contribution in [3.05, 3.63) is 90.1 Å². The first-order valence-electron chi connectivity index (χ1n) is 10.2. The number of nitrogens with one attached hydrogen (secondary N) is 2. The van der Waals surface area contributed by atoms with Gasteiger partial charge in [0.1, 0.15) is 6.33 Å². The Morgan fingerprint density at radius 3 is 2.44 bits per heavy atom. The quantitative estimate of drug-likeness (QED) is 0.357. The molecule has 10 heteroatoms. The number of thiazole rings is 1. The molecule has 0 fully saturated rings. The number of carbonyl (C=O) groups excluding carboxylic acids is 1. The second-order valence-electron chi connectivity index (χ2n) is 7.59. The van der Waals surface area contributed by atoms with Crippen LogP contribution in [0.5, 0.6) is 0 Å². The Kier molecular flexibility index (Phi) is 5.60. The molecule has 0 saturated carbocycles. The molecule has 0 aliphatic rings. The number of aromatic nitrogens is 3. The number of benzene rings is 3. The van der Waals surface area contributed by atoms with E-state index in [0.29, 0.717) is 22.1 Å². The standard InChI is InChI=1S/C24H19N5O3S2/c1-34(31,32)28-18-10-6-16(7-11-18)21-14-33-24(26-21)27-23(30)17-8-12-19(13-9-17)29-15-25-20-4-2-3-5-22(20)29/h2-15,28H,1H3,(H,26,27,30). The Balaban J connectivity index is 1.28. The van der Waals surface area contributed by atoms with E-state index >= 15 is 0 Å². The monoisotopic (exact) mass is 489 g/mol. The Hall–Kier alpha value is -4.02. The second-order valence-corrected chi connectivity index (χ2v) is 10.2. The second kappa shape index (κ2) is 8.73. The number of sulfonamides is 1.